The molecular formula is C54H96O6. The lowest BCUT2D eigenvalue weighted by Crippen LogP contribution is -2.35. The topological polar surface area (TPSA) is 89.9 Å². The molecule has 0 saturated carbocycles. The highest BCUT2D eigenvalue weighted by atomic mass is 16.6. The molecule has 6 nitrogen and oxygen atoms in total. The van der Waals surface area contributed by atoms with Crippen molar-refractivity contribution in [3.63, 3.8) is 0 Å². The van der Waals surface area contributed by atoms with E-state index in [0.717, 1.165) is 109 Å². The van der Waals surface area contributed by atoms with E-state index in [1.807, 2.05) is 0 Å². The van der Waals surface area contributed by atoms with E-state index in [0.29, 0.717) is 25.7 Å². The van der Waals surface area contributed by atoms with Crippen LogP contribution in [-0.4, -0.2) is 35.2 Å². The summed E-state index contributed by atoms with van der Waals surface area (Å²) >= 11 is 0. The maximum Gasteiger partial charge on any atom is 0.306 e. The molecule has 1 N–H and O–H groups in total. The fourth-order valence-electron chi connectivity index (χ4n) is 7.54. The first-order valence-electron chi connectivity index (χ1n) is 25.6. The molecule has 6 heteroatoms. The van der Waals surface area contributed by atoms with Gasteiger partial charge < -0.3 is 14.6 Å². The van der Waals surface area contributed by atoms with E-state index in [1.165, 1.54) is 103 Å². The van der Waals surface area contributed by atoms with Gasteiger partial charge in [-0.2, -0.15) is 0 Å². The maximum absolute atomic E-state index is 13.3. The molecule has 0 aromatic carbocycles. The van der Waals surface area contributed by atoms with Crippen molar-refractivity contribution in [2.75, 3.05) is 0 Å². The number of esters is 2. The van der Waals surface area contributed by atoms with Gasteiger partial charge in [-0.25, -0.2) is 0 Å². The van der Waals surface area contributed by atoms with Crippen LogP contribution in [0.15, 0.2) is 48.6 Å². The van der Waals surface area contributed by atoms with Crippen LogP contribution in [0.25, 0.3) is 0 Å². The van der Waals surface area contributed by atoms with E-state index in [4.69, 9.17) is 14.6 Å². The lowest BCUT2D eigenvalue weighted by atomic mass is 9.99. The quantitative estimate of drug-likeness (QED) is 0.0373. The molecule has 0 aliphatic carbocycles. The van der Waals surface area contributed by atoms with E-state index in [1.54, 1.807) is 0 Å². The maximum atomic E-state index is 13.3. The van der Waals surface area contributed by atoms with Crippen LogP contribution in [0.1, 0.15) is 265 Å². The predicted octanol–water partition coefficient (Wildman–Crippen LogP) is 17.0. The highest BCUT2D eigenvalue weighted by Gasteiger charge is 2.28. The highest BCUT2D eigenvalue weighted by Crippen LogP contribution is 2.23. The standard InChI is InChI=1S/C54H96O6/c1-4-7-10-13-16-18-20-22-24-26-28-30-32-38-43-48-53(57)59-50(45-40-35-15-12-9-6-3)51(46-41-36-34-37-42-47-52(55)56)60-54(58)49-44-39-33-31-29-27-25-23-21-19-17-14-11-8-5-2/h16-19,22-25,50-51H,4-15,20-21,26-49H2,1-3H3,(H,55,56)/b18-16-,19-17-,24-22-,25-23-/t50-,51+/m0/s1. The Morgan fingerprint density at radius 2 is 0.650 bits per heavy atom. The Balaban J connectivity index is 4.95. The zero-order chi connectivity index (χ0) is 43.8. The number of carbonyl (C=O) groups is 3. The van der Waals surface area contributed by atoms with E-state index in [-0.39, 0.29) is 18.4 Å². The van der Waals surface area contributed by atoms with Gasteiger partial charge in [-0.1, -0.05) is 185 Å². The SMILES string of the molecule is CCCCC/C=C\C/C=C\CCCCCCCC(=O)O[C@@H](CCCCCCCC)[C@@H](CCCCCCCC(=O)O)OC(=O)CCCCCCC/C=C\C/C=C\CCCCC. The highest BCUT2D eigenvalue weighted by molar-refractivity contribution is 5.70. The van der Waals surface area contributed by atoms with Crippen molar-refractivity contribution in [2.45, 2.75) is 277 Å². The first kappa shape index (κ1) is 57.4. The Kier molecular flexibility index (Phi) is 45.3. The van der Waals surface area contributed by atoms with E-state index >= 15 is 0 Å². The lowest BCUT2D eigenvalue weighted by molar-refractivity contribution is -0.169. The van der Waals surface area contributed by atoms with Gasteiger partial charge >= 0.3 is 17.9 Å². The van der Waals surface area contributed by atoms with Crippen LogP contribution in [0.4, 0.5) is 0 Å². The smallest absolute Gasteiger partial charge is 0.306 e. The zero-order valence-corrected chi connectivity index (χ0v) is 39.6. The molecule has 0 bridgehead atoms. The van der Waals surface area contributed by atoms with Crippen LogP contribution in [-0.2, 0) is 23.9 Å². The van der Waals surface area contributed by atoms with Crippen molar-refractivity contribution in [2.24, 2.45) is 0 Å². The molecule has 0 aromatic rings. The Hall–Kier alpha value is -2.63. The number of rotatable bonds is 46. The van der Waals surface area contributed by atoms with Crippen LogP contribution in [0.2, 0.25) is 0 Å². The summed E-state index contributed by atoms with van der Waals surface area (Å²) in [6.07, 6.45) is 56.2. The molecule has 0 amide bonds. The van der Waals surface area contributed by atoms with Crippen molar-refractivity contribution in [1.29, 1.82) is 0 Å². The summed E-state index contributed by atoms with van der Waals surface area (Å²) in [6, 6.07) is 0. The van der Waals surface area contributed by atoms with Gasteiger partial charge in [0.1, 0.15) is 12.2 Å². The monoisotopic (exact) mass is 841 g/mol. The van der Waals surface area contributed by atoms with Gasteiger partial charge in [0.15, 0.2) is 0 Å². The third-order valence-corrected chi connectivity index (χ3v) is 11.4. The van der Waals surface area contributed by atoms with Crippen LogP contribution in [0.3, 0.4) is 0 Å². The Morgan fingerprint density at radius 1 is 0.367 bits per heavy atom. The summed E-state index contributed by atoms with van der Waals surface area (Å²) in [6.45, 7) is 6.71. The second-order valence-corrected chi connectivity index (χ2v) is 17.3. The molecule has 0 saturated heterocycles. The first-order valence-corrected chi connectivity index (χ1v) is 25.6. The Labute approximate surface area is 371 Å². The molecule has 0 aromatic heterocycles. The number of hydrogen-bond acceptors (Lipinski definition) is 5. The molecule has 0 heterocycles. The third-order valence-electron chi connectivity index (χ3n) is 11.4. The number of ether oxygens (including phenoxy) is 2. The number of aliphatic carboxylic acids is 1. The number of carbonyl (C=O) groups excluding carboxylic acids is 2. The molecular weight excluding hydrogens is 745 g/mol. The summed E-state index contributed by atoms with van der Waals surface area (Å²) in [5.41, 5.74) is 0. The average Bonchev–Trinajstić information content (AvgIpc) is 3.23. The Bertz CT molecular complexity index is 1070. The minimum atomic E-state index is -0.745. The van der Waals surface area contributed by atoms with Crippen molar-refractivity contribution in [3.8, 4) is 0 Å². The molecule has 0 fully saturated rings. The van der Waals surface area contributed by atoms with E-state index in [2.05, 4.69) is 69.4 Å². The van der Waals surface area contributed by atoms with Crippen LogP contribution in [0, 0.1) is 0 Å². The van der Waals surface area contributed by atoms with E-state index < -0.39 is 18.2 Å². The van der Waals surface area contributed by atoms with Crippen LogP contribution < -0.4 is 0 Å². The average molecular weight is 841 g/mol. The fraction of sp³-hybridized carbons (Fsp3) is 0.796. The molecule has 0 spiro atoms. The van der Waals surface area contributed by atoms with Gasteiger partial charge in [0.25, 0.3) is 0 Å². The van der Waals surface area contributed by atoms with Gasteiger partial charge in [0.2, 0.25) is 0 Å². The minimum absolute atomic E-state index is 0.167. The third kappa shape index (κ3) is 43.5. The number of allylic oxidation sites excluding steroid dienone is 8. The summed E-state index contributed by atoms with van der Waals surface area (Å²) < 4.78 is 12.4. The number of carboxylic acid groups (broad SMARTS) is 1. The van der Waals surface area contributed by atoms with Crippen LogP contribution >= 0.6 is 0 Å². The van der Waals surface area contributed by atoms with Gasteiger partial charge in [0, 0.05) is 19.3 Å². The summed E-state index contributed by atoms with van der Waals surface area (Å²) in [5.74, 6) is -1.09. The number of carboxylic acids is 1. The number of hydrogen-bond donors (Lipinski definition) is 1. The summed E-state index contributed by atoms with van der Waals surface area (Å²) in [4.78, 5) is 37.4. The predicted molar refractivity (Wildman–Crippen MR) is 256 cm³/mol. The largest absolute Gasteiger partial charge is 0.481 e. The molecule has 0 aliphatic heterocycles. The van der Waals surface area contributed by atoms with Gasteiger partial charge in [0.05, 0.1) is 0 Å². The second-order valence-electron chi connectivity index (χ2n) is 17.3. The number of unbranched alkanes of at least 4 members (excludes halogenated alkanes) is 25. The van der Waals surface area contributed by atoms with Crippen LogP contribution in [0.5, 0.6) is 0 Å². The molecule has 0 radical (unpaired) electrons. The second kappa shape index (κ2) is 47.4. The van der Waals surface area contributed by atoms with Crippen molar-refractivity contribution < 1.29 is 29.0 Å². The van der Waals surface area contributed by atoms with Crippen molar-refractivity contribution >= 4 is 17.9 Å². The molecule has 0 aliphatic rings. The summed E-state index contributed by atoms with van der Waals surface area (Å²) in [5, 5.41) is 8.99. The van der Waals surface area contributed by atoms with E-state index in [9.17, 15) is 14.4 Å². The lowest BCUT2D eigenvalue weighted by Gasteiger charge is -2.27. The van der Waals surface area contributed by atoms with Gasteiger partial charge in [-0.3, -0.25) is 14.4 Å². The Morgan fingerprint density at radius 3 is 1.02 bits per heavy atom. The normalized spacial score (nSPS) is 13.0. The molecule has 348 valence electrons. The summed E-state index contributed by atoms with van der Waals surface area (Å²) in [7, 11) is 0. The van der Waals surface area contributed by atoms with Crippen molar-refractivity contribution in [1.82, 2.24) is 0 Å². The molecule has 60 heavy (non-hydrogen) atoms. The molecule has 0 rings (SSSR count). The fourth-order valence-corrected chi connectivity index (χ4v) is 7.54. The zero-order valence-electron chi connectivity index (χ0n) is 39.6. The van der Waals surface area contributed by atoms with Gasteiger partial charge in [-0.05, 0) is 109 Å². The van der Waals surface area contributed by atoms with Crippen molar-refractivity contribution in [3.05, 3.63) is 48.6 Å². The van der Waals surface area contributed by atoms with Gasteiger partial charge in [-0.15, -0.1) is 0 Å². The minimum Gasteiger partial charge on any atom is -0.481 e. The molecule has 0 unspecified atom stereocenters. The first-order chi connectivity index (χ1) is 29.4. The molecule has 2 atom stereocenters.